The average Bonchev–Trinajstić information content (AvgIpc) is 2.76. The molecule has 0 aromatic heterocycles. The van der Waals surface area contributed by atoms with Gasteiger partial charge in [-0.15, -0.1) is 0 Å². The zero-order valence-corrected chi connectivity index (χ0v) is 15.3. The number of nitrogens with one attached hydrogen (secondary N) is 2. The predicted octanol–water partition coefficient (Wildman–Crippen LogP) is 7.59. The van der Waals surface area contributed by atoms with E-state index >= 15 is 0 Å². The number of benzene rings is 4. The summed E-state index contributed by atoms with van der Waals surface area (Å²) in [5.41, 5.74) is 5.76. The van der Waals surface area contributed by atoms with Crippen LogP contribution in [0.2, 0.25) is 0 Å². The van der Waals surface area contributed by atoms with Crippen molar-refractivity contribution in [1.82, 2.24) is 0 Å². The molecule has 0 saturated carbocycles. The second kappa shape index (κ2) is 8.64. The van der Waals surface area contributed by atoms with E-state index in [0.29, 0.717) is 0 Å². The molecule has 28 heavy (non-hydrogen) atoms. The molecular formula is C24H20N4. The minimum Gasteiger partial charge on any atom is -0.356 e. The fraction of sp³-hybridized carbons (Fsp3) is 0. The van der Waals surface area contributed by atoms with Crippen molar-refractivity contribution < 1.29 is 0 Å². The van der Waals surface area contributed by atoms with E-state index in [1.54, 1.807) is 0 Å². The van der Waals surface area contributed by atoms with Crippen LogP contribution in [0.5, 0.6) is 0 Å². The molecule has 0 radical (unpaired) electrons. The topological polar surface area (TPSA) is 48.8 Å². The van der Waals surface area contributed by atoms with Gasteiger partial charge >= 0.3 is 0 Å². The lowest BCUT2D eigenvalue weighted by Gasteiger charge is -2.06. The minimum atomic E-state index is 0.810. The number of rotatable bonds is 6. The first-order chi connectivity index (χ1) is 13.8. The first kappa shape index (κ1) is 17.5. The van der Waals surface area contributed by atoms with Gasteiger partial charge in [0.1, 0.15) is 0 Å². The molecule has 0 aliphatic rings. The van der Waals surface area contributed by atoms with Gasteiger partial charge in [-0.05, 0) is 72.8 Å². The van der Waals surface area contributed by atoms with Crippen LogP contribution in [0.1, 0.15) is 0 Å². The molecule has 4 rings (SSSR count). The van der Waals surface area contributed by atoms with E-state index in [1.807, 2.05) is 109 Å². The Balaban J connectivity index is 1.37. The van der Waals surface area contributed by atoms with Crippen LogP contribution in [0.4, 0.5) is 34.1 Å². The molecule has 0 amide bonds. The molecule has 0 unspecified atom stereocenters. The van der Waals surface area contributed by atoms with Crippen LogP contribution in [-0.2, 0) is 0 Å². The lowest BCUT2D eigenvalue weighted by atomic mass is 10.2. The van der Waals surface area contributed by atoms with E-state index in [2.05, 4.69) is 20.9 Å². The highest BCUT2D eigenvalue weighted by molar-refractivity contribution is 5.62. The molecule has 4 nitrogen and oxygen atoms in total. The lowest BCUT2D eigenvalue weighted by molar-refractivity contribution is 1.23. The third kappa shape index (κ3) is 4.83. The third-order valence-electron chi connectivity index (χ3n) is 4.14. The number of hydrogen-bond donors (Lipinski definition) is 2. The molecule has 4 heteroatoms. The second-order valence-electron chi connectivity index (χ2n) is 6.28. The van der Waals surface area contributed by atoms with Gasteiger partial charge in [-0.3, -0.25) is 0 Å². The van der Waals surface area contributed by atoms with E-state index in [4.69, 9.17) is 0 Å². The molecule has 0 heterocycles. The van der Waals surface area contributed by atoms with E-state index in [9.17, 15) is 0 Å². The molecule has 4 aromatic rings. The smallest absolute Gasteiger partial charge is 0.0858 e. The largest absolute Gasteiger partial charge is 0.356 e. The highest BCUT2D eigenvalue weighted by Gasteiger charge is 1.97. The van der Waals surface area contributed by atoms with Gasteiger partial charge in [0.15, 0.2) is 0 Å². The van der Waals surface area contributed by atoms with E-state index < -0.39 is 0 Å². The normalized spacial score (nSPS) is 10.7. The van der Waals surface area contributed by atoms with Crippen LogP contribution < -0.4 is 10.6 Å². The average molecular weight is 364 g/mol. The van der Waals surface area contributed by atoms with Crippen molar-refractivity contribution in [2.75, 3.05) is 10.6 Å². The predicted molar refractivity (Wildman–Crippen MR) is 117 cm³/mol. The Bertz CT molecular complexity index is 938. The molecule has 0 aliphatic carbocycles. The van der Waals surface area contributed by atoms with Gasteiger partial charge in [-0.1, -0.05) is 36.4 Å². The molecule has 0 aliphatic heterocycles. The number of azo groups is 1. The summed E-state index contributed by atoms with van der Waals surface area (Å²) in [5, 5.41) is 15.3. The van der Waals surface area contributed by atoms with Crippen LogP contribution in [0.25, 0.3) is 0 Å². The van der Waals surface area contributed by atoms with Crippen molar-refractivity contribution in [3.63, 3.8) is 0 Å². The number of hydrogen-bond acceptors (Lipinski definition) is 4. The Morgan fingerprint density at radius 1 is 0.357 bits per heavy atom. The van der Waals surface area contributed by atoms with Crippen molar-refractivity contribution in [3.8, 4) is 0 Å². The van der Waals surface area contributed by atoms with Crippen LogP contribution >= 0.6 is 0 Å². The number of anilines is 4. The van der Waals surface area contributed by atoms with E-state index in [-0.39, 0.29) is 0 Å². The second-order valence-corrected chi connectivity index (χ2v) is 6.28. The summed E-state index contributed by atoms with van der Waals surface area (Å²) in [6, 6.07) is 35.9. The first-order valence-corrected chi connectivity index (χ1v) is 9.11. The quantitative estimate of drug-likeness (QED) is 0.346. The van der Waals surface area contributed by atoms with Crippen molar-refractivity contribution >= 4 is 34.1 Å². The van der Waals surface area contributed by atoms with Gasteiger partial charge in [0.2, 0.25) is 0 Å². The van der Waals surface area contributed by atoms with Gasteiger partial charge < -0.3 is 10.6 Å². The Morgan fingerprint density at radius 2 is 0.679 bits per heavy atom. The minimum absolute atomic E-state index is 0.810. The standard InChI is InChI=1S/C24H20N4/c1-3-7-19(8-4-1)25-21-11-15-23(16-12-21)27-28-24-17-13-22(14-18-24)26-20-9-5-2-6-10-20/h1-18,25-26H. The fourth-order valence-corrected chi connectivity index (χ4v) is 2.71. The highest BCUT2D eigenvalue weighted by Crippen LogP contribution is 2.24. The summed E-state index contributed by atoms with van der Waals surface area (Å²) in [6.07, 6.45) is 0. The Morgan fingerprint density at radius 3 is 1.04 bits per heavy atom. The van der Waals surface area contributed by atoms with Crippen molar-refractivity contribution in [2.45, 2.75) is 0 Å². The van der Waals surface area contributed by atoms with Gasteiger partial charge in [-0.25, -0.2) is 0 Å². The van der Waals surface area contributed by atoms with Gasteiger partial charge in [0.05, 0.1) is 11.4 Å². The van der Waals surface area contributed by atoms with Gasteiger partial charge in [-0.2, -0.15) is 10.2 Å². The molecular weight excluding hydrogens is 344 g/mol. The zero-order valence-electron chi connectivity index (χ0n) is 15.3. The number of para-hydroxylation sites is 2. The third-order valence-corrected chi connectivity index (χ3v) is 4.14. The monoisotopic (exact) mass is 364 g/mol. The Labute approximate surface area is 164 Å². The summed E-state index contributed by atoms with van der Waals surface area (Å²) in [7, 11) is 0. The summed E-state index contributed by atoms with van der Waals surface area (Å²) >= 11 is 0. The summed E-state index contributed by atoms with van der Waals surface area (Å²) in [4.78, 5) is 0. The highest BCUT2D eigenvalue weighted by atomic mass is 15.1. The Kier molecular flexibility index (Phi) is 5.40. The number of nitrogens with zero attached hydrogens (tertiary/aromatic N) is 2. The fourth-order valence-electron chi connectivity index (χ4n) is 2.71. The van der Waals surface area contributed by atoms with Crippen molar-refractivity contribution in [2.24, 2.45) is 10.2 Å². The summed E-state index contributed by atoms with van der Waals surface area (Å²) in [6.45, 7) is 0. The molecule has 0 fully saturated rings. The maximum atomic E-state index is 4.32. The van der Waals surface area contributed by atoms with E-state index in [1.165, 1.54) is 0 Å². The van der Waals surface area contributed by atoms with Crippen molar-refractivity contribution in [3.05, 3.63) is 109 Å². The molecule has 4 aromatic carbocycles. The first-order valence-electron chi connectivity index (χ1n) is 9.11. The molecule has 0 atom stereocenters. The summed E-state index contributed by atoms with van der Waals surface area (Å²) < 4.78 is 0. The maximum absolute atomic E-state index is 4.32. The lowest BCUT2D eigenvalue weighted by Crippen LogP contribution is -1.88. The molecule has 0 bridgehead atoms. The molecule has 2 N–H and O–H groups in total. The van der Waals surface area contributed by atoms with Crippen molar-refractivity contribution in [1.29, 1.82) is 0 Å². The molecule has 0 spiro atoms. The molecule has 136 valence electrons. The van der Waals surface area contributed by atoms with E-state index in [0.717, 1.165) is 34.1 Å². The van der Waals surface area contributed by atoms with Gasteiger partial charge in [0, 0.05) is 22.7 Å². The van der Waals surface area contributed by atoms with Crippen LogP contribution in [0.3, 0.4) is 0 Å². The molecule has 0 saturated heterocycles. The Hall–Kier alpha value is -3.92. The zero-order chi connectivity index (χ0) is 19.0. The maximum Gasteiger partial charge on any atom is 0.0858 e. The SMILES string of the molecule is c1ccc(Nc2ccc(N=Nc3ccc(Nc4ccccc4)cc3)cc2)cc1. The van der Waals surface area contributed by atoms with Gasteiger partial charge in [0.25, 0.3) is 0 Å². The summed E-state index contributed by atoms with van der Waals surface area (Å²) in [5.74, 6) is 0. The van der Waals surface area contributed by atoms with Crippen LogP contribution in [-0.4, -0.2) is 0 Å². The van der Waals surface area contributed by atoms with Crippen LogP contribution in [0.15, 0.2) is 119 Å². The van der Waals surface area contributed by atoms with Crippen LogP contribution in [0, 0.1) is 0 Å².